The Balaban J connectivity index is 1.66. The Kier molecular flexibility index (Phi) is 4.32. The average molecular weight is 315 g/mol. The van der Waals surface area contributed by atoms with Crippen LogP contribution in [0.4, 0.5) is 0 Å². The topological polar surface area (TPSA) is 68.5 Å². The van der Waals surface area contributed by atoms with Crippen LogP contribution in [-0.4, -0.2) is 40.6 Å². The lowest BCUT2D eigenvalue weighted by atomic mass is 9.98. The van der Waals surface area contributed by atoms with Crippen LogP contribution in [0.2, 0.25) is 0 Å². The molecule has 2 aromatic rings. The predicted molar refractivity (Wildman–Crippen MR) is 84.6 cm³/mol. The molecule has 0 unspecified atom stereocenters. The fourth-order valence-corrected chi connectivity index (χ4v) is 2.54. The maximum absolute atomic E-state index is 12.6. The Morgan fingerprint density at radius 1 is 1.39 bits per heavy atom. The van der Waals surface area contributed by atoms with Crippen LogP contribution in [0.5, 0.6) is 5.75 Å². The second-order valence-corrected chi connectivity index (χ2v) is 5.98. The molecule has 0 bridgehead atoms. The van der Waals surface area contributed by atoms with Gasteiger partial charge in [0.25, 0.3) is 5.91 Å². The van der Waals surface area contributed by atoms with Crippen molar-refractivity contribution in [2.24, 2.45) is 0 Å². The first-order valence-corrected chi connectivity index (χ1v) is 7.94. The van der Waals surface area contributed by atoms with Crippen LogP contribution in [0.1, 0.15) is 54.7 Å². The molecule has 1 aliphatic rings. The number of benzene rings is 1. The van der Waals surface area contributed by atoms with E-state index in [4.69, 9.17) is 9.26 Å². The lowest BCUT2D eigenvalue weighted by molar-refractivity contribution is 0.0565. The van der Waals surface area contributed by atoms with Gasteiger partial charge in [-0.1, -0.05) is 31.1 Å². The van der Waals surface area contributed by atoms with Crippen LogP contribution in [0.3, 0.4) is 0 Å². The van der Waals surface area contributed by atoms with E-state index in [-0.39, 0.29) is 17.7 Å². The number of para-hydroxylation sites is 1. The van der Waals surface area contributed by atoms with E-state index in [2.05, 4.69) is 10.1 Å². The number of carbonyl (C=O) groups excluding carboxylic acids is 1. The van der Waals surface area contributed by atoms with Crippen molar-refractivity contribution in [2.75, 3.05) is 19.7 Å². The maximum Gasteiger partial charge on any atom is 0.257 e. The number of likely N-dealkylation sites (tertiary alicyclic amines) is 1. The summed E-state index contributed by atoms with van der Waals surface area (Å²) in [4.78, 5) is 18.8. The summed E-state index contributed by atoms with van der Waals surface area (Å²) in [5, 5.41) is 3.98. The molecule has 122 valence electrons. The summed E-state index contributed by atoms with van der Waals surface area (Å²) in [5.41, 5.74) is 0.598. The quantitative estimate of drug-likeness (QED) is 0.848. The molecule has 1 amide bonds. The minimum atomic E-state index is -0.0195. The average Bonchev–Trinajstić information content (AvgIpc) is 2.96. The Morgan fingerprint density at radius 3 is 2.78 bits per heavy atom. The van der Waals surface area contributed by atoms with E-state index < -0.39 is 0 Å². The molecule has 0 radical (unpaired) electrons. The highest BCUT2D eigenvalue weighted by atomic mass is 16.5. The van der Waals surface area contributed by atoms with Gasteiger partial charge in [-0.3, -0.25) is 4.79 Å². The van der Waals surface area contributed by atoms with E-state index in [1.807, 2.05) is 39.0 Å². The van der Waals surface area contributed by atoms with Gasteiger partial charge < -0.3 is 14.2 Å². The zero-order chi connectivity index (χ0) is 16.4. The number of aromatic nitrogens is 2. The van der Waals surface area contributed by atoms with Gasteiger partial charge in [0, 0.05) is 19.0 Å². The molecule has 0 N–H and O–H groups in total. The van der Waals surface area contributed by atoms with Crippen molar-refractivity contribution in [1.29, 1.82) is 0 Å². The molecule has 1 aromatic carbocycles. The second-order valence-electron chi connectivity index (χ2n) is 5.98. The van der Waals surface area contributed by atoms with E-state index in [0.29, 0.717) is 42.7 Å². The Bertz CT molecular complexity index is 690. The Morgan fingerprint density at radius 2 is 2.13 bits per heavy atom. The van der Waals surface area contributed by atoms with Gasteiger partial charge >= 0.3 is 0 Å². The highest BCUT2D eigenvalue weighted by molar-refractivity contribution is 5.97. The number of rotatable bonds is 5. The fourth-order valence-electron chi connectivity index (χ4n) is 2.54. The molecule has 6 heteroatoms. The third-order valence-electron chi connectivity index (χ3n) is 3.91. The number of ether oxygens (including phenoxy) is 1. The smallest absolute Gasteiger partial charge is 0.257 e. The monoisotopic (exact) mass is 315 g/mol. The van der Waals surface area contributed by atoms with Crippen molar-refractivity contribution in [1.82, 2.24) is 15.0 Å². The Labute approximate surface area is 135 Å². The summed E-state index contributed by atoms with van der Waals surface area (Å²) >= 11 is 0. The number of carbonyl (C=O) groups is 1. The summed E-state index contributed by atoms with van der Waals surface area (Å²) in [6.45, 7) is 7.68. The van der Waals surface area contributed by atoms with Gasteiger partial charge in [0.05, 0.1) is 18.1 Å². The second kappa shape index (κ2) is 6.40. The van der Waals surface area contributed by atoms with Gasteiger partial charge in [0.15, 0.2) is 5.82 Å². The molecule has 0 aliphatic carbocycles. The van der Waals surface area contributed by atoms with Crippen LogP contribution in [0.15, 0.2) is 28.8 Å². The molecule has 3 rings (SSSR count). The largest absolute Gasteiger partial charge is 0.493 e. The van der Waals surface area contributed by atoms with Crippen LogP contribution in [0, 0.1) is 0 Å². The van der Waals surface area contributed by atoms with Crippen molar-refractivity contribution in [3.8, 4) is 5.75 Å². The molecule has 1 aliphatic heterocycles. The van der Waals surface area contributed by atoms with Gasteiger partial charge in [0.1, 0.15) is 5.75 Å². The summed E-state index contributed by atoms with van der Waals surface area (Å²) in [7, 11) is 0. The summed E-state index contributed by atoms with van der Waals surface area (Å²) in [6, 6.07) is 7.33. The van der Waals surface area contributed by atoms with Crippen molar-refractivity contribution < 1.29 is 14.1 Å². The van der Waals surface area contributed by atoms with E-state index >= 15 is 0 Å². The molecular formula is C17H21N3O3. The number of hydrogen-bond acceptors (Lipinski definition) is 5. The lowest BCUT2D eigenvalue weighted by Crippen LogP contribution is -2.48. The molecule has 0 saturated carbocycles. The third-order valence-corrected chi connectivity index (χ3v) is 3.91. The summed E-state index contributed by atoms with van der Waals surface area (Å²) in [5.74, 6) is 2.31. The standard InChI is InChI=1S/C17H21N3O3/c1-4-22-14-8-6-5-7-13(14)17(21)20-9-12(10-20)16-18-15(11(2)3)19-23-16/h5-8,11-12H,4,9-10H2,1-3H3. The Hall–Kier alpha value is -2.37. The SMILES string of the molecule is CCOc1ccccc1C(=O)N1CC(c2nc(C(C)C)no2)C1. The van der Waals surface area contributed by atoms with Crippen LogP contribution >= 0.6 is 0 Å². The van der Waals surface area contributed by atoms with Crippen molar-refractivity contribution in [2.45, 2.75) is 32.6 Å². The van der Waals surface area contributed by atoms with E-state index in [0.717, 1.165) is 0 Å². The highest BCUT2D eigenvalue weighted by Gasteiger charge is 2.36. The highest BCUT2D eigenvalue weighted by Crippen LogP contribution is 2.30. The minimum absolute atomic E-state index is 0.0195. The van der Waals surface area contributed by atoms with Crippen LogP contribution in [0.25, 0.3) is 0 Å². The van der Waals surface area contributed by atoms with Crippen LogP contribution in [-0.2, 0) is 0 Å². The van der Waals surface area contributed by atoms with Crippen molar-refractivity contribution in [3.05, 3.63) is 41.5 Å². The van der Waals surface area contributed by atoms with E-state index in [1.165, 1.54) is 0 Å². The normalized spacial score (nSPS) is 14.9. The lowest BCUT2D eigenvalue weighted by Gasteiger charge is -2.37. The maximum atomic E-state index is 12.6. The molecule has 1 fully saturated rings. The first kappa shape index (κ1) is 15.5. The number of amides is 1. The molecular weight excluding hydrogens is 294 g/mol. The van der Waals surface area contributed by atoms with Crippen molar-refractivity contribution in [3.63, 3.8) is 0 Å². The molecule has 0 atom stereocenters. The first-order chi connectivity index (χ1) is 11.1. The zero-order valence-corrected chi connectivity index (χ0v) is 13.7. The molecule has 2 heterocycles. The first-order valence-electron chi connectivity index (χ1n) is 7.94. The number of nitrogens with zero attached hydrogens (tertiary/aromatic N) is 3. The summed E-state index contributed by atoms with van der Waals surface area (Å²) < 4.78 is 10.8. The van der Waals surface area contributed by atoms with Gasteiger partial charge in [-0.25, -0.2) is 0 Å². The summed E-state index contributed by atoms with van der Waals surface area (Å²) in [6.07, 6.45) is 0. The predicted octanol–water partition coefficient (Wildman–Crippen LogP) is 2.83. The third kappa shape index (κ3) is 3.06. The van der Waals surface area contributed by atoms with Crippen molar-refractivity contribution >= 4 is 5.91 Å². The molecule has 23 heavy (non-hydrogen) atoms. The van der Waals surface area contributed by atoms with Gasteiger partial charge in [-0.05, 0) is 19.1 Å². The van der Waals surface area contributed by atoms with Gasteiger partial charge in [-0.15, -0.1) is 0 Å². The zero-order valence-electron chi connectivity index (χ0n) is 13.7. The molecule has 1 aromatic heterocycles. The van der Waals surface area contributed by atoms with E-state index in [1.54, 1.807) is 11.0 Å². The van der Waals surface area contributed by atoms with Crippen LogP contribution < -0.4 is 4.74 Å². The minimum Gasteiger partial charge on any atom is -0.493 e. The van der Waals surface area contributed by atoms with Gasteiger partial charge in [-0.2, -0.15) is 4.98 Å². The molecule has 6 nitrogen and oxygen atoms in total. The molecule has 0 spiro atoms. The molecule has 1 saturated heterocycles. The number of hydrogen-bond donors (Lipinski definition) is 0. The van der Waals surface area contributed by atoms with E-state index in [9.17, 15) is 4.79 Å². The van der Waals surface area contributed by atoms with Gasteiger partial charge in [0.2, 0.25) is 5.89 Å². The fraction of sp³-hybridized carbons (Fsp3) is 0.471.